The van der Waals surface area contributed by atoms with Crippen molar-refractivity contribution in [3.63, 3.8) is 0 Å². The van der Waals surface area contributed by atoms with Crippen LogP contribution in [0.2, 0.25) is 0 Å². The first-order chi connectivity index (χ1) is 9.83. The van der Waals surface area contributed by atoms with Crippen LogP contribution in [-0.2, 0) is 6.42 Å². The molecule has 0 bridgehead atoms. The topological polar surface area (TPSA) is 75.8 Å². The molecule has 1 aromatic carbocycles. The molecule has 0 aliphatic carbocycles. The first kappa shape index (κ1) is 13.0. The number of fused-ring (bicyclic) bond motifs is 3. The van der Waals surface area contributed by atoms with Crippen LogP contribution in [0.4, 0.5) is 5.82 Å². The standard InChI is InChI=1S/C15H17N3O2/c1-2-12-17-13-10-6-3-4-7-11(10)20-14(13)15(18-12)16-8-5-9-19/h3-4,6-7,19H,2,5,8-9H2,1H3,(H,16,17,18)/p+1. The van der Waals surface area contributed by atoms with Crippen LogP contribution >= 0.6 is 0 Å². The highest BCUT2D eigenvalue weighted by atomic mass is 16.3. The number of aliphatic hydroxyl groups is 1. The third-order valence-electron chi connectivity index (χ3n) is 3.31. The minimum atomic E-state index is 0.186. The molecule has 5 heteroatoms. The normalized spacial score (nSPS) is 11.5. The number of hydrogen-bond donors (Lipinski definition) is 2. The molecule has 0 atom stereocenters. The summed E-state index contributed by atoms with van der Waals surface area (Å²) in [6.07, 6.45) is 1.52. The Hall–Kier alpha value is -1.98. The molecule has 0 saturated heterocycles. The molecule has 20 heavy (non-hydrogen) atoms. The van der Waals surface area contributed by atoms with E-state index in [1.807, 2.05) is 36.5 Å². The molecule has 3 aromatic rings. The lowest BCUT2D eigenvalue weighted by Gasteiger charge is -2.01. The maximum atomic E-state index is 8.90. The number of para-hydroxylation sites is 1. The summed E-state index contributed by atoms with van der Waals surface area (Å²) in [4.78, 5) is 9.14. The molecule has 0 radical (unpaired) electrons. The number of nitrogens with zero attached hydrogens (tertiary/aromatic N) is 2. The third-order valence-corrected chi connectivity index (χ3v) is 3.31. The van der Waals surface area contributed by atoms with Gasteiger partial charge in [-0.05, 0) is 12.1 Å². The summed E-state index contributed by atoms with van der Waals surface area (Å²) in [7, 11) is 0. The van der Waals surface area contributed by atoms with E-state index in [0.717, 1.165) is 53.1 Å². The first-order valence-corrected chi connectivity index (χ1v) is 6.95. The van der Waals surface area contributed by atoms with Gasteiger partial charge in [0.2, 0.25) is 5.58 Å². The predicted molar refractivity (Wildman–Crippen MR) is 76.8 cm³/mol. The number of aliphatic hydroxyl groups excluding tert-OH is 1. The van der Waals surface area contributed by atoms with Crippen molar-refractivity contribution in [1.29, 1.82) is 0 Å². The van der Waals surface area contributed by atoms with Crippen molar-refractivity contribution >= 4 is 27.9 Å². The Morgan fingerprint density at radius 3 is 2.90 bits per heavy atom. The molecule has 0 aliphatic heterocycles. The lowest BCUT2D eigenvalue weighted by molar-refractivity contribution is -0.574. The van der Waals surface area contributed by atoms with Gasteiger partial charge >= 0.3 is 0 Å². The van der Waals surface area contributed by atoms with Crippen LogP contribution in [0.1, 0.15) is 19.2 Å². The van der Waals surface area contributed by atoms with Gasteiger partial charge in [-0.1, -0.05) is 19.1 Å². The molecule has 0 fully saturated rings. The molecule has 0 unspecified atom stereocenters. The number of nitrogens with two attached hydrogens (primary N) is 1. The fraction of sp³-hybridized carbons (Fsp3) is 0.333. The smallest absolute Gasteiger partial charge is 0.272 e. The van der Waals surface area contributed by atoms with Gasteiger partial charge in [0.05, 0.1) is 6.54 Å². The van der Waals surface area contributed by atoms with Crippen LogP contribution in [0, 0.1) is 0 Å². The van der Waals surface area contributed by atoms with Crippen molar-refractivity contribution in [2.24, 2.45) is 0 Å². The largest absolute Gasteiger partial charge is 0.446 e. The Kier molecular flexibility index (Phi) is 3.62. The van der Waals surface area contributed by atoms with Gasteiger partial charge in [0.1, 0.15) is 16.9 Å². The Balaban J connectivity index is 2.16. The number of rotatable bonds is 5. The SMILES string of the molecule is CCc1nc([NH2+]CCCO)c2oc3ccccc3c2n1. The molecule has 3 N–H and O–H groups in total. The lowest BCUT2D eigenvalue weighted by Crippen LogP contribution is -2.78. The van der Waals surface area contributed by atoms with E-state index in [2.05, 4.69) is 9.97 Å². The molecular formula is C15H18N3O2+. The van der Waals surface area contributed by atoms with E-state index in [1.165, 1.54) is 0 Å². The second-order valence-electron chi connectivity index (χ2n) is 4.72. The summed E-state index contributed by atoms with van der Waals surface area (Å²) in [5, 5.41) is 11.9. The molecule has 5 nitrogen and oxygen atoms in total. The molecule has 3 rings (SSSR count). The van der Waals surface area contributed by atoms with Crippen LogP contribution in [0.3, 0.4) is 0 Å². The van der Waals surface area contributed by atoms with Crippen LogP contribution in [0.25, 0.3) is 22.1 Å². The summed E-state index contributed by atoms with van der Waals surface area (Å²) in [6.45, 7) is 3.01. The summed E-state index contributed by atoms with van der Waals surface area (Å²) in [6, 6.07) is 7.90. The Morgan fingerprint density at radius 2 is 2.10 bits per heavy atom. The van der Waals surface area contributed by atoms with Gasteiger partial charge < -0.3 is 9.52 Å². The number of aromatic nitrogens is 2. The predicted octanol–water partition coefficient (Wildman–Crippen LogP) is 1.52. The van der Waals surface area contributed by atoms with Crippen LogP contribution in [0.15, 0.2) is 28.7 Å². The molecular weight excluding hydrogens is 254 g/mol. The highest BCUT2D eigenvalue weighted by Gasteiger charge is 2.17. The summed E-state index contributed by atoms with van der Waals surface area (Å²) in [5.74, 6) is 1.65. The second kappa shape index (κ2) is 5.56. The molecule has 0 aliphatic rings. The molecule has 0 spiro atoms. The van der Waals surface area contributed by atoms with E-state index in [4.69, 9.17) is 9.52 Å². The van der Waals surface area contributed by atoms with Crippen molar-refractivity contribution in [1.82, 2.24) is 9.97 Å². The monoisotopic (exact) mass is 272 g/mol. The maximum absolute atomic E-state index is 8.90. The van der Waals surface area contributed by atoms with E-state index < -0.39 is 0 Å². The maximum Gasteiger partial charge on any atom is 0.272 e. The fourth-order valence-electron chi connectivity index (χ4n) is 2.29. The highest BCUT2D eigenvalue weighted by molar-refractivity contribution is 6.04. The number of benzene rings is 1. The number of aryl methyl sites for hydroxylation is 1. The van der Waals surface area contributed by atoms with Crippen molar-refractivity contribution in [2.75, 3.05) is 13.2 Å². The average molecular weight is 272 g/mol. The van der Waals surface area contributed by atoms with Gasteiger partial charge in [0.25, 0.3) is 5.82 Å². The van der Waals surface area contributed by atoms with Crippen LogP contribution < -0.4 is 5.32 Å². The zero-order valence-corrected chi connectivity index (χ0v) is 11.5. The minimum Gasteiger partial charge on any atom is -0.446 e. The number of hydrogen-bond acceptors (Lipinski definition) is 4. The zero-order valence-electron chi connectivity index (χ0n) is 11.5. The number of quaternary nitrogens is 1. The molecule has 104 valence electrons. The number of furan rings is 1. The van der Waals surface area contributed by atoms with Crippen LogP contribution in [-0.4, -0.2) is 28.2 Å². The molecule has 0 amide bonds. The molecule has 0 saturated carbocycles. The zero-order chi connectivity index (χ0) is 13.9. The van der Waals surface area contributed by atoms with Crippen LogP contribution in [0.5, 0.6) is 0 Å². The summed E-state index contributed by atoms with van der Waals surface area (Å²) < 4.78 is 5.90. The van der Waals surface area contributed by atoms with E-state index in [9.17, 15) is 0 Å². The molecule has 2 heterocycles. The van der Waals surface area contributed by atoms with E-state index in [-0.39, 0.29) is 6.61 Å². The minimum absolute atomic E-state index is 0.186. The Labute approximate surface area is 116 Å². The highest BCUT2D eigenvalue weighted by Crippen LogP contribution is 2.29. The first-order valence-electron chi connectivity index (χ1n) is 6.95. The van der Waals surface area contributed by atoms with Gasteiger partial charge in [-0.3, -0.25) is 5.32 Å². The van der Waals surface area contributed by atoms with Gasteiger partial charge in [-0.2, -0.15) is 4.98 Å². The second-order valence-corrected chi connectivity index (χ2v) is 4.72. The lowest BCUT2D eigenvalue weighted by atomic mass is 10.2. The van der Waals surface area contributed by atoms with Gasteiger partial charge in [0.15, 0.2) is 0 Å². The molecule has 2 aromatic heterocycles. The van der Waals surface area contributed by atoms with E-state index >= 15 is 0 Å². The van der Waals surface area contributed by atoms with Gasteiger partial charge in [-0.25, -0.2) is 4.98 Å². The van der Waals surface area contributed by atoms with Gasteiger partial charge in [0, 0.05) is 24.8 Å². The van der Waals surface area contributed by atoms with Gasteiger partial charge in [-0.15, -0.1) is 0 Å². The average Bonchev–Trinajstić information content (AvgIpc) is 2.86. The Bertz CT molecular complexity index is 736. The third kappa shape index (κ3) is 2.26. The Morgan fingerprint density at radius 1 is 1.25 bits per heavy atom. The fourth-order valence-corrected chi connectivity index (χ4v) is 2.29. The van der Waals surface area contributed by atoms with Crippen molar-refractivity contribution in [3.8, 4) is 0 Å². The summed E-state index contributed by atoms with van der Waals surface area (Å²) in [5.41, 5.74) is 2.45. The van der Waals surface area contributed by atoms with E-state index in [0.29, 0.717) is 0 Å². The van der Waals surface area contributed by atoms with Crippen molar-refractivity contribution in [3.05, 3.63) is 30.1 Å². The van der Waals surface area contributed by atoms with Crippen molar-refractivity contribution < 1.29 is 14.8 Å². The summed E-state index contributed by atoms with van der Waals surface area (Å²) >= 11 is 0. The quantitative estimate of drug-likeness (QED) is 0.690. The van der Waals surface area contributed by atoms with E-state index in [1.54, 1.807) is 0 Å². The van der Waals surface area contributed by atoms with Crippen molar-refractivity contribution in [2.45, 2.75) is 19.8 Å².